The highest BCUT2D eigenvalue weighted by atomic mass is 16.1. The number of rotatable bonds is 8. The van der Waals surface area contributed by atoms with Crippen molar-refractivity contribution in [1.82, 2.24) is 0 Å². The van der Waals surface area contributed by atoms with Gasteiger partial charge in [0.15, 0.2) is 5.78 Å². The van der Waals surface area contributed by atoms with E-state index in [0.29, 0.717) is 12.0 Å². The van der Waals surface area contributed by atoms with Crippen LogP contribution in [-0.2, 0) is 4.79 Å². The molecule has 0 aliphatic heterocycles. The third-order valence-corrected chi connectivity index (χ3v) is 3.66. The summed E-state index contributed by atoms with van der Waals surface area (Å²) in [5.74, 6) is -0.718. The summed E-state index contributed by atoms with van der Waals surface area (Å²) in [5.41, 5.74) is 3.15. The van der Waals surface area contributed by atoms with Crippen LogP contribution in [0.2, 0.25) is 0 Å². The lowest BCUT2D eigenvalue weighted by Crippen LogP contribution is -2.21. The molecule has 1 atom stereocenters. The molecule has 0 fully saturated rings. The number of carbonyl (C=O) groups is 2. The second-order valence-electron chi connectivity index (χ2n) is 6.00. The molecular weight excluding hydrogens is 272 g/mol. The Hall–Kier alpha value is -1.96. The highest BCUT2D eigenvalue weighted by molar-refractivity contribution is 6.10. The normalized spacial score (nSPS) is 12.6. The molecule has 0 aliphatic rings. The van der Waals surface area contributed by atoms with E-state index in [0.717, 1.165) is 12.8 Å². The van der Waals surface area contributed by atoms with Gasteiger partial charge < -0.3 is 0 Å². The average Bonchev–Trinajstić information content (AvgIpc) is 2.47. The summed E-state index contributed by atoms with van der Waals surface area (Å²) < 4.78 is 0. The van der Waals surface area contributed by atoms with E-state index >= 15 is 0 Å². The van der Waals surface area contributed by atoms with Gasteiger partial charge in [0.1, 0.15) is 5.78 Å². The SMILES string of the molecule is CC(=O)C(C/C=C(\C)CCC=C(C)C)C(=O)c1ccccc1. The average molecular weight is 298 g/mol. The van der Waals surface area contributed by atoms with Gasteiger partial charge in [0.25, 0.3) is 0 Å². The molecule has 0 heterocycles. The van der Waals surface area contributed by atoms with Gasteiger partial charge in [-0.3, -0.25) is 9.59 Å². The van der Waals surface area contributed by atoms with E-state index in [9.17, 15) is 9.59 Å². The van der Waals surface area contributed by atoms with Crippen LogP contribution in [0.1, 0.15) is 57.3 Å². The Morgan fingerprint density at radius 2 is 1.64 bits per heavy atom. The molecule has 0 saturated carbocycles. The predicted octanol–water partition coefficient (Wildman–Crippen LogP) is 5.16. The maximum Gasteiger partial charge on any atom is 0.173 e. The first kappa shape index (κ1) is 18.1. The minimum Gasteiger partial charge on any atom is -0.299 e. The van der Waals surface area contributed by atoms with Gasteiger partial charge >= 0.3 is 0 Å². The van der Waals surface area contributed by atoms with Crippen molar-refractivity contribution in [3.8, 4) is 0 Å². The van der Waals surface area contributed by atoms with Crippen LogP contribution in [-0.4, -0.2) is 11.6 Å². The van der Waals surface area contributed by atoms with E-state index in [-0.39, 0.29) is 11.6 Å². The van der Waals surface area contributed by atoms with Gasteiger partial charge in [0.2, 0.25) is 0 Å². The van der Waals surface area contributed by atoms with Crippen LogP contribution in [0.4, 0.5) is 0 Å². The molecule has 0 aromatic heterocycles. The topological polar surface area (TPSA) is 34.1 Å². The number of Topliss-reactive ketones (excluding diaryl/α,β-unsaturated/α-hetero) is 2. The molecular formula is C20H26O2. The van der Waals surface area contributed by atoms with E-state index in [4.69, 9.17) is 0 Å². The molecule has 0 aliphatic carbocycles. The number of carbonyl (C=O) groups excluding carboxylic acids is 2. The van der Waals surface area contributed by atoms with Gasteiger partial charge in [0, 0.05) is 5.56 Å². The smallest absolute Gasteiger partial charge is 0.173 e. The Kier molecular flexibility index (Phi) is 7.51. The maximum atomic E-state index is 12.4. The lowest BCUT2D eigenvalue weighted by molar-refractivity contribution is -0.119. The van der Waals surface area contributed by atoms with Crippen molar-refractivity contribution in [1.29, 1.82) is 0 Å². The van der Waals surface area contributed by atoms with Gasteiger partial charge in [-0.05, 0) is 47.0 Å². The molecule has 2 heteroatoms. The van der Waals surface area contributed by atoms with E-state index in [1.165, 1.54) is 18.1 Å². The third kappa shape index (κ3) is 6.21. The van der Waals surface area contributed by atoms with Crippen LogP contribution in [0.15, 0.2) is 53.6 Å². The summed E-state index contributed by atoms with van der Waals surface area (Å²) in [6, 6.07) is 9.05. The Bertz CT molecular complexity index is 561. The van der Waals surface area contributed by atoms with Gasteiger partial charge in [-0.2, -0.15) is 0 Å². The lowest BCUT2D eigenvalue weighted by Gasteiger charge is -2.11. The molecule has 0 N–H and O–H groups in total. The second kappa shape index (κ2) is 9.14. The fraction of sp³-hybridized carbons (Fsp3) is 0.400. The van der Waals surface area contributed by atoms with Gasteiger partial charge in [-0.25, -0.2) is 0 Å². The monoisotopic (exact) mass is 298 g/mol. The highest BCUT2D eigenvalue weighted by Gasteiger charge is 2.23. The molecule has 0 radical (unpaired) electrons. The number of ketones is 2. The van der Waals surface area contributed by atoms with E-state index in [2.05, 4.69) is 26.8 Å². The molecule has 1 rings (SSSR count). The zero-order valence-electron chi connectivity index (χ0n) is 14.1. The Balaban J connectivity index is 2.71. The zero-order chi connectivity index (χ0) is 16.5. The molecule has 1 aromatic carbocycles. The Labute approximate surface area is 133 Å². The molecule has 118 valence electrons. The third-order valence-electron chi connectivity index (χ3n) is 3.66. The summed E-state index contributed by atoms with van der Waals surface area (Å²) in [4.78, 5) is 24.3. The van der Waals surface area contributed by atoms with Crippen LogP contribution in [0.5, 0.6) is 0 Å². The van der Waals surface area contributed by atoms with Crippen molar-refractivity contribution < 1.29 is 9.59 Å². The van der Waals surface area contributed by atoms with Crippen molar-refractivity contribution in [3.05, 3.63) is 59.2 Å². The maximum absolute atomic E-state index is 12.4. The molecule has 0 bridgehead atoms. The molecule has 0 saturated heterocycles. The van der Waals surface area contributed by atoms with Crippen molar-refractivity contribution in [2.45, 2.75) is 47.0 Å². The molecule has 2 nitrogen and oxygen atoms in total. The van der Waals surface area contributed by atoms with Crippen molar-refractivity contribution in [3.63, 3.8) is 0 Å². The quantitative estimate of drug-likeness (QED) is 0.377. The van der Waals surface area contributed by atoms with Crippen molar-refractivity contribution in [2.24, 2.45) is 5.92 Å². The number of hydrogen-bond acceptors (Lipinski definition) is 2. The van der Waals surface area contributed by atoms with Gasteiger partial charge in [-0.15, -0.1) is 0 Å². The first-order valence-electron chi connectivity index (χ1n) is 7.80. The second-order valence-corrected chi connectivity index (χ2v) is 6.00. The molecule has 22 heavy (non-hydrogen) atoms. The number of benzene rings is 1. The Morgan fingerprint density at radius 1 is 1.00 bits per heavy atom. The summed E-state index contributed by atoms with van der Waals surface area (Å²) in [5, 5.41) is 0. The fourth-order valence-electron chi connectivity index (χ4n) is 2.27. The van der Waals surface area contributed by atoms with Gasteiger partial charge in [-0.1, -0.05) is 53.6 Å². The predicted molar refractivity (Wildman–Crippen MR) is 92.0 cm³/mol. The molecule has 1 unspecified atom stereocenters. The summed E-state index contributed by atoms with van der Waals surface area (Å²) in [6.45, 7) is 7.73. The number of allylic oxidation sites excluding steroid dienone is 4. The summed E-state index contributed by atoms with van der Waals surface area (Å²) in [7, 11) is 0. The van der Waals surface area contributed by atoms with Crippen molar-refractivity contribution in [2.75, 3.05) is 0 Å². The first-order chi connectivity index (χ1) is 10.4. The van der Waals surface area contributed by atoms with E-state index < -0.39 is 5.92 Å². The Morgan fingerprint density at radius 3 is 2.18 bits per heavy atom. The van der Waals surface area contributed by atoms with Crippen LogP contribution < -0.4 is 0 Å². The fourth-order valence-corrected chi connectivity index (χ4v) is 2.27. The highest BCUT2D eigenvalue weighted by Crippen LogP contribution is 2.17. The van der Waals surface area contributed by atoms with Crippen LogP contribution in [0.25, 0.3) is 0 Å². The molecule has 0 spiro atoms. The van der Waals surface area contributed by atoms with Crippen LogP contribution in [0, 0.1) is 5.92 Å². The minimum absolute atomic E-state index is 0.0674. The van der Waals surface area contributed by atoms with E-state index in [1.807, 2.05) is 24.3 Å². The number of hydrogen-bond donors (Lipinski definition) is 0. The summed E-state index contributed by atoms with van der Waals surface area (Å²) in [6.07, 6.45) is 6.70. The van der Waals surface area contributed by atoms with Crippen LogP contribution in [0.3, 0.4) is 0 Å². The zero-order valence-corrected chi connectivity index (χ0v) is 14.1. The minimum atomic E-state index is -0.569. The van der Waals surface area contributed by atoms with Gasteiger partial charge in [0.05, 0.1) is 5.92 Å². The van der Waals surface area contributed by atoms with E-state index in [1.54, 1.807) is 12.1 Å². The largest absolute Gasteiger partial charge is 0.299 e. The molecule has 0 amide bonds. The molecule has 1 aromatic rings. The summed E-state index contributed by atoms with van der Waals surface area (Å²) >= 11 is 0. The van der Waals surface area contributed by atoms with Crippen molar-refractivity contribution >= 4 is 11.6 Å². The van der Waals surface area contributed by atoms with Crippen LogP contribution >= 0.6 is 0 Å². The standard InChI is InChI=1S/C20H26O2/c1-15(2)9-8-10-16(3)13-14-19(17(4)21)20(22)18-11-6-5-7-12-18/h5-7,9,11-13,19H,8,10,14H2,1-4H3/b16-13+. The lowest BCUT2D eigenvalue weighted by atomic mass is 9.90. The first-order valence-corrected chi connectivity index (χ1v) is 7.80.